The highest BCUT2D eigenvalue weighted by atomic mass is 35.5. The standard InChI is InChI=1S/C16H21N5O2S.ClH/c1-10-7-15(24-21-10)20-16(22)19-14-5-6-17-9-12(14)13-4-3-11(23-2)8-18-13;/h3-4,7-8,12,14,17H,5-6,9H2,1-2H3,(H2,19,20,22);1H/t12-,14+;/m0./s1. The van der Waals surface area contributed by atoms with Crippen LogP contribution in [0.15, 0.2) is 24.4 Å². The largest absolute Gasteiger partial charge is 0.495 e. The molecule has 0 aliphatic carbocycles. The summed E-state index contributed by atoms with van der Waals surface area (Å²) in [6, 6.07) is 5.53. The number of aromatic nitrogens is 2. The Hall–Kier alpha value is -1.90. The molecule has 3 heterocycles. The Balaban J connectivity index is 0.00000225. The monoisotopic (exact) mass is 383 g/mol. The number of pyridine rings is 1. The Labute approximate surface area is 157 Å². The second-order valence-corrected chi connectivity index (χ2v) is 6.56. The van der Waals surface area contributed by atoms with Gasteiger partial charge in [0.15, 0.2) is 0 Å². The van der Waals surface area contributed by atoms with E-state index in [4.69, 9.17) is 4.74 Å². The first-order valence-electron chi connectivity index (χ1n) is 7.87. The van der Waals surface area contributed by atoms with E-state index in [1.54, 1.807) is 13.3 Å². The molecule has 1 saturated heterocycles. The molecule has 0 spiro atoms. The van der Waals surface area contributed by atoms with E-state index in [9.17, 15) is 4.79 Å². The summed E-state index contributed by atoms with van der Waals surface area (Å²) in [4.78, 5) is 16.7. The van der Waals surface area contributed by atoms with E-state index >= 15 is 0 Å². The van der Waals surface area contributed by atoms with Crippen LogP contribution in [0.4, 0.5) is 9.80 Å². The molecule has 1 aliphatic rings. The van der Waals surface area contributed by atoms with Crippen molar-refractivity contribution < 1.29 is 9.53 Å². The molecule has 3 rings (SSSR count). The van der Waals surface area contributed by atoms with Gasteiger partial charge < -0.3 is 15.4 Å². The van der Waals surface area contributed by atoms with Gasteiger partial charge in [-0.05, 0) is 49.6 Å². The van der Waals surface area contributed by atoms with Crippen LogP contribution in [0.1, 0.15) is 23.7 Å². The number of carbonyl (C=O) groups is 1. The van der Waals surface area contributed by atoms with Crippen molar-refractivity contribution in [1.82, 2.24) is 20.0 Å². The van der Waals surface area contributed by atoms with E-state index < -0.39 is 0 Å². The molecule has 0 saturated carbocycles. The number of piperidine rings is 1. The highest BCUT2D eigenvalue weighted by molar-refractivity contribution is 7.10. The highest BCUT2D eigenvalue weighted by Gasteiger charge is 2.28. The summed E-state index contributed by atoms with van der Waals surface area (Å²) >= 11 is 1.28. The van der Waals surface area contributed by atoms with Crippen LogP contribution in [0.3, 0.4) is 0 Å². The lowest BCUT2D eigenvalue weighted by Gasteiger charge is -2.32. The molecule has 2 amide bonds. The van der Waals surface area contributed by atoms with Crippen molar-refractivity contribution in [2.75, 3.05) is 25.5 Å². The van der Waals surface area contributed by atoms with Gasteiger partial charge in [-0.25, -0.2) is 4.79 Å². The molecule has 1 fully saturated rings. The maximum Gasteiger partial charge on any atom is 0.320 e. The Morgan fingerprint density at radius 3 is 2.92 bits per heavy atom. The smallest absolute Gasteiger partial charge is 0.320 e. The number of aryl methyl sites for hydroxylation is 1. The Bertz CT molecular complexity index is 694. The number of hydrogen-bond acceptors (Lipinski definition) is 6. The van der Waals surface area contributed by atoms with Crippen LogP contribution >= 0.6 is 23.9 Å². The van der Waals surface area contributed by atoms with Gasteiger partial charge in [0.25, 0.3) is 0 Å². The van der Waals surface area contributed by atoms with Crippen molar-refractivity contribution in [2.45, 2.75) is 25.3 Å². The summed E-state index contributed by atoms with van der Waals surface area (Å²) in [5, 5.41) is 10.0. The van der Waals surface area contributed by atoms with Gasteiger partial charge >= 0.3 is 6.03 Å². The predicted molar refractivity (Wildman–Crippen MR) is 101 cm³/mol. The van der Waals surface area contributed by atoms with Gasteiger partial charge in [-0.1, -0.05) is 0 Å². The Kier molecular flexibility index (Phi) is 6.98. The number of nitrogens with one attached hydrogen (secondary N) is 3. The predicted octanol–water partition coefficient (Wildman–Crippen LogP) is 2.54. The zero-order valence-corrected chi connectivity index (χ0v) is 15.7. The number of hydrogen-bond donors (Lipinski definition) is 3. The van der Waals surface area contributed by atoms with Crippen molar-refractivity contribution in [3.63, 3.8) is 0 Å². The number of nitrogens with zero attached hydrogens (tertiary/aromatic N) is 2. The quantitative estimate of drug-likeness (QED) is 0.755. The fourth-order valence-electron chi connectivity index (χ4n) is 2.81. The minimum Gasteiger partial charge on any atom is -0.495 e. The molecule has 7 nitrogen and oxygen atoms in total. The average Bonchev–Trinajstić information content (AvgIpc) is 3.00. The molecule has 1 aliphatic heterocycles. The number of methoxy groups -OCH3 is 1. The van der Waals surface area contributed by atoms with Crippen molar-refractivity contribution in [3.05, 3.63) is 35.8 Å². The lowest BCUT2D eigenvalue weighted by atomic mass is 9.90. The maximum absolute atomic E-state index is 12.3. The molecule has 2 aromatic heterocycles. The number of halogens is 1. The van der Waals surface area contributed by atoms with Gasteiger partial charge in [0.2, 0.25) is 0 Å². The van der Waals surface area contributed by atoms with Crippen LogP contribution in [-0.4, -0.2) is 41.6 Å². The zero-order chi connectivity index (χ0) is 16.9. The van der Waals surface area contributed by atoms with E-state index in [0.717, 1.165) is 41.6 Å². The SMILES string of the molecule is COc1ccc([C@@H]2CNCC[C@H]2NC(=O)Nc2cc(C)ns2)nc1.Cl. The summed E-state index contributed by atoms with van der Waals surface area (Å²) in [6.07, 6.45) is 2.56. The van der Waals surface area contributed by atoms with E-state index in [-0.39, 0.29) is 30.4 Å². The normalized spacial score (nSPS) is 19.6. The van der Waals surface area contributed by atoms with Crippen LogP contribution in [-0.2, 0) is 0 Å². The lowest BCUT2D eigenvalue weighted by molar-refractivity contribution is 0.241. The molecule has 25 heavy (non-hydrogen) atoms. The molecule has 3 N–H and O–H groups in total. The number of anilines is 1. The lowest BCUT2D eigenvalue weighted by Crippen LogP contribution is -2.49. The number of rotatable bonds is 4. The van der Waals surface area contributed by atoms with Gasteiger partial charge in [0.05, 0.1) is 19.0 Å². The molecule has 136 valence electrons. The second kappa shape index (κ2) is 8.98. The van der Waals surface area contributed by atoms with Gasteiger partial charge in [-0.2, -0.15) is 4.37 Å². The topological polar surface area (TPSA) is 88.2 Å². The third-order valence-corrected chi connectivity index (χ3v) is 4.83. The van der Waals surface area contributed by atoms with Gasteiger partial charge in [0.1, 0.15) is 10.8 Å². The van der Waals surface area contributed by atoms with Gasteiger partial charge in [-0.15, -0.1) is 12.4 Å². The third kappa shape index (κ3) is 5.04. The van der Waals surface area contributed by atoms with Crippen molar-refractivity contribution in [2.24, 2.45) is 0 Å². The molecular formula is C16H22ClN5O2S. The number of amides is 2. The molecule has 2 aromatic rings. The van der Waals surface area contributed by atoms with Gasteiger partial charge in [0, 0.05) is 24.2 Å². The van der Waals surface area contributed by atoms with Crippen LogP contribution in [0.2, 0.25) is 0 Å². The first kappa shape index (κ1) is 19.4. The molecule has 0 unspecified atom stereocenters. The summed E-state index contributed by atoms with van der Waals surface area (Å²) in [5.74, 6) is 0.851. The van der Waals surface area contributed by atoms with Crippen LogP contribution < -0.4 is 20.7 Å². The summed E-state index contributed by atoms with van der Waals surface area (Å²) in [7, 11) is 1.62. The first-order valence-corrected chi connectivity index (χ1v) is 8.64. The fourth-order valence-corrected chi connectivity index (χ4v) is 3.47. The maximum atomic E-state index is 12.3. The van der Waals surface area contributed by atoms with E-state index in [2.05, 4.69) is 25.3 Å². The second-order valence-electron chi connectivity index (χ2n) is 5.76. The molecular weight excluding hydrogens is 362 g/mol. The fraction of sp³-hybridized carbons (Fsp3) is 0.438. The summed E-state index contributed by atoms with van der Waals surface area (Å²) < 4.78 is 9.32. The highest BCUT2D eigenvalue weighted by Crippen LogP contribution is 2.24. The molecule has 0 aromatic carbocycles. The number of urea groups is 1. The minimum absolute atomic E-state index is 0. The number of ether oxygens (including phenoxy) is 1. The zero-order valence-electron chi connectivity index (χ0n) is 14.1. The van der Waals surface area contributed by atoms with Crippen molar-refractivity contribution in [3.8, 4) is 5.75 Å². The Morgan fingerprint density at radius 2 is 2.28 bits per heavy atom. The first-order chi connectivity index (χ1) is 11.7. The van der Waals surface area contributed by atoms with Crippen LogP contribution in [0.5, 0.6) is 5.75 Å². The average molecular weight is 384 g/mol. The van der Waals surface area contributed by atoms with Crippen LogP contribution in [0.25, 0.3) is 0 Å². The summed E-state index contributed by atoms with van der Waals surface area (Å²) in [5.41, 5.74) is 1.85. The van der Waals surface area contributed by atoms with E-state index in [1.165, 1.54) is 11.5 Å². The van der Waals surface area contributed by atoms with Crippen molar-refractivity contribution in [1.29, 1.82) is 0 Å². The molecule has 9 heteroatoms. The third-order valence-electron chi connectivity index (χ3n) is 4.04. The van der Waals surface area contributed by atoms with E-state index in [1.807, 2.05) is 25.1 Å². The minimum atomic E-state index is -0.205. The van der Waals surface area contributed by atoms with E-state index in [0.29, 0.717) is 0 Å². The van der Waals surface area contributed by atoms with Gasteiger partial charge in [-0.3, -0.25) is 10.3 Å². The number of carbonyl (C=O) groups excluding carboxylic acids is 1. The Morgan fingerprint density at radius 1 is 1.44 bits per heavy atom. The summed E-state index contributed by atoms with van der Waals surface area (Å²) in [6.45, 7) is 3.55. The molecule has 2 atom stereocenters. The van der Waals surface area contributed by atoms with Crippen LogP contribution in [0, 0.1) is 6.92 Å². The molecule has 0 bridgehead atoms. The molecule has 0 radical (unpaired) electrons. The van der Waals surface area contributed by atoms with Crippen molar-refractivity contribution >= 4 is 35.0 Å².